The molecule has 0 fully saturated rings. The summed E-state index contributed by atoms with van der Waals surface area (Å²) in [7, 11) is 0.967. The number of hydrogen-bond donors (Lipinski definition) is 2. The van der Waals surface area contributed by atoms with Gasteiger partial charge in [0.25, 0.3) is 5.91 Å². The number of carbonyl (C=O) groups excluding carboxylic acids is 1. The maximum Gasteiger partial charge on any atom is 0.451 e. The van der Waals surface area contributed by atoms with Crippen LogP contribution in [0, 0.1) is 5.82 Å². The molecule has 2 N–H and O–H groups in total. The Morgan fingerprint density at radius 1 is 1.25 bits per heavy atom. The Hall–Kier alpha value is -3.44. The number of rotatable bonds is 5. The van der Waals surface area contributed by atoms with Crippen LogP contribution in [0.2, 0.25) is 0 Å². The van der Waals surface area contributed by atoms with Crippen LogP contribution in [-0.4, -0.2) is 37.0 Å². The summed E-state index contributed by atoms with van der Waals surface area (Å²) < 4.78 is 52.2. The smallest absolute Gasteiger partial charge is 0.349 e. The number of halogens is 4. The average molecular weight is 398 g/mol. The average Bonchev–Trinajstić information content (AvgIpc) is 3.23. The lowest BCUT2D eigenvalue weighted by Gasteiger charge is -2.03. The van der Waals surface area contributed by atoms with Gasteiger partial charge in [0, 0.05) is 19.2 Å². The van der Waals surface area contributed by atoms with Crippen LogP contribution >= 0.6 is 0 Å². The van der Waals surface area contributed by atoms with Crippen molar-refractivity contribution in [3.63, 3.8) is 0 Å². The molecule has 0 unspecified atom stereocenters. The number of carbonyl (C=O) groups is 1. The van der Waals surface area contributed by atoms with Crippen LogP contribution in [0.1, 0.15) is 16.3 Å². The zero-order valence-electron chi connectivity index (χ0n) is 14.4. The van der Waals surface area contributed by atoms with E-state index in [1.807, 2.05) is 0 Å². The summed E-state index contributed by atoms with van der Waals surface area (Å²) in [6.45, 7) is -0.370. The molecule has 0 aliphatic heterocycles. The lowest BCUT2D eigenvalue weighted by atomic mass is 10.1. The number of alkyl halides is 3. The van der Waals surface area contributed by atoms with Crippen LogP contribution in [0.4, 0.5) is 17.6 Å². The predicted molar refractivity (Wildman–Crippen MR) is 88.8 cm³/mol. The van der Waals surface area contributed by atoms with Gasteiger partial charge in [0.1, 0.15) is 11.5 Å². The van der Waals surface area contributed by atoms with Crippen molar-refractivity contribution in [1.29, 1.82) is 0 Å². The van der Waals surface area contributed by atoms with Crippen molar-refractivity contribution in [2.24, 2.45) is 7.05 Å². The fourth-order valence-corrected chi connectivity index (χ4v) is 2.46. The van der Waals surface area contributed by atoms with E-state index in [0.29, 0.717) is 20.5 Å². The first-order valence-electron chi connectivity index (χ1n) is 7.97. The molecule has 3 rings (SSSR count). The summed E-state index contributed by atoms with van der Waals surface area (Å²) >= 11 is 0. The molecule has 3 aromatic rings. The van der Waals surface area contributed by atoms with E-state index in [2.05, 4.69) is 20.6 Å². The van der Waals surface area contributed by atoms with Crippen molar-refractivity contribution in [2.75, 3.05) is 6.54 Å². The number of aromatic amines is 1. The van der Waals surface area contributed by atoms with Gasteiger partial charge in [0.2, 0.25) is 5.82 Å². The van der Waals surface area contributed by atoms with Crippen molar-refractivity contribution in [3.8, 4) is 11.3 Å². The van der Waals surface area contributed by atoms with E-state index in [0.717, 1.165) is 7.05 Å². The summed E-state index contributed by atoms with van der Waals surface area (Å²) in [6.07, 6.45) is -4.75. The molecular formula is C16H14F4N6O2. The van der Waals surface area contributed by atoms with Crippen molar-refractivity contribution in [1.82, 2.24) is 29.9 Å². The summed E-state index contributed by atoms with van der Waals surface area (Å²) in [6, 6.07) is 6.95. The second-order valence-electron chi connectivity index (χ2n) is 5.82. The molecule has 0 saturated heterocycles. The summed E-state index contributed by atoms with van der Waals surface area (Å²) in [4.78, 5) is 23.9. The Kier molecular flexibility index (Phi) is 5.03. The zero-order chi connectivity index (χ0) is 20.5. The van der Waals surface area contributed by atoms with Crippen LogP contribution in [-0.2, 0) is 19.8 Å². The highest BCUT2D eigenvalue weighted by Gasteiger charge is 2.37. The fourth-order valence-electron chi connectivity index (χ4n) is 2.46. The van der Waals surface area contributed by atoms with Crippen LogP contribution in [0.25, 0.3) is 11.3 Å². The van der Waals surface area contributed by atoms with Gasteiger partial charge in [-0.1, -0.05) is 0 Å². The number of benzene rings is 1. The van der Waals surface area contributed by atoms with Crippen LogP contribution in [0.3, 0.4) is 0 Å². The number of nitrogens with zero attached hydrogens (tertiary/aromatic N) is 4. The van der Waals surface area contributed by atoms with Gasteiger partial charge in [-0.15, -0.1) is 5.10 Å². The quantitative estimate of drug-likeness (QED) is 0.638. The molecule has 0 aliphatic rings. The molecule has 148 valence electrons. The van der Waals surface area contributed by atoms with Gasteiger partial charge in [-0.25, -0.2) is 13.9 Å². The second kappa shape index (κ2) is 7.29. The SMILES string of the molecule is Cn1c(C(F)(F)F)nn(CCNC(=O)c2cc(-c3ccc(F)cc3)n[nH]2)c1=O. The van der Waals surface area contributed by atoms with Gasteiger partial charge in [-0.2, -0.15) is 18.3 Å². The minimum atomic E-state index is -4.75. The Bertz CT molecular complexity index is 1050. The molecule has 2 aromatic heterocycles. The fraction of sp³-hybridized carbons (Fsp3) is 0.250. The van der Waals surface area contributed by atoms with Crippen molar-refractivity contribution in [2.45, 2.75) is 12.7 Å². The van der Waals surface area contributed by atoms with Crippen LogP contribution in [0.15, 0.2) is 35.1 Å². The normalized spacial score (nSPS) is 11.6. The molecule has 0 aliphatic carbocycles. The first-order chi connectivity index (χ1) is 13.2. The standard InChI is InChI=1S/C16H14F4N6O2/c1-25-14(16(18,19)20)24-26(15(25)28)7-6-21-13(27)12-8-11(22-23-12)9-2-4-10(17)5-3-9/h2-5,8H,6-7H2,1H3,(H,21,27)(H,22,23). The lowest BCUT2D eigenvalue weighted by molar-refractivity contribution is -0.147. The molecule has 28 heavy (non-hydrogen) atoms. The molecule has 8 nitrogen and oxygen atoms in total. The Balaban J connectivity index is 1.63. The highest BCUT2D eigenvalue weighted by atomic mass is 19.4. The van der Waals surface area contributed by atoms with E-state index in [9.17, 15) is 27.2 Å². The Morgan fingerprint density at radius 3 is 2.54 bits per heavy atom. The molecule has 1 amide bonds. The first-order valence-corrected chi connectivity index (χ1v) is 7.97. The molecule has 12 heteroatoms. The van der Waals surface area contributed by atoms with E-state index >= 15 is 0 Å². The van der Waals surface area contributed by atoms with E-state index in [-0.39, 0.29) is 18.8 Å². The summed E-state index contributed by atoms with van der Waals surface area (Å²) in [5, 5.41) is 12.2. The van der Waals surface area contributed by atoms with E-state index in [1.165, 1.54) is 30.3 Å². The molecule has 0 spiro atoms. The van der Waals surface area contributed by atoms with Crippen LogP contribution < -0.4 is 11.0 Å². The number of nitrogens with one attached hydrogen (secondary N) is 2. The zero-order valence-corrected chi connectivity index (χ0v) is 14.4. The van der Waals surface area contributed by atoms with E-state index in [4.69, 9.17) is 0 Å². The van der Waals surface area contributed by atoms with Gasteiger partial charge in [-0.05, 0) is 30.3 Å². The lowest BCUT2D eigenvalue weighted by Crippen LogP contribution is -2.32. The Morgan fingerprint density at radius 2 is 1.93 bits per heavy atom. The van der Waals surface area contributed by atoms with Gasteiger partial charge < -0.3 is 5.32 Å². The highest BCUT2D eigenvalue weighted by molar-refractivity contribution is 5.93. The first kappa shape index (κ1) is 19.3. The summed E-state index contributed by atoms with van der Waals surface area (Å²) in [5.74, 6) is -2.29. The third-order valence-electron chi connectivity index (χ3n) is 3.87. The maximum atomic E-state index is 12.9. The van der Waals surface area contributed by atoms with E-state index < -0.39 is 29.4 Å². The summed E-state index contributed by atoms with van der Waals surface area (Å²) in [5.41, 5.74) is 0.169. The number of hydrogen-bond acceptors (Lipinski definition) is 4. The molecule has 0 atom stereocenters. The maximum absolute atomic E-state index is 12.9. The Labute approximate surface area is 154 Å². The van der Waals surface area contributed by atoms with E-state index in [1.54, 1.807) is 0 Å². The minimum absolute atomic E-state index is 0.101. The third kappa shape index (κ3) is 3.94. The monoisotopic (exact) mass is 398 g/mol. The molecule has 0 bridgehead atoms. The number of aromatic nitrogens is 5. The largest absolute Gasteiger partial charge is 0.451 e. The van der Waals surface area contributed by atoms with Crippen molar-refractivity contribution >= 4 is 5.91 Å². The third-order valence-corrected chi connectivity index (χ3v) is 3.87. The van der Waals surface area contributed by atoms with Crippen molar-refractivity contribution in [3.05, 3.63) is 58.2 Å². The predicted octanol–water partition coefficient (Wildman–Crippen LogP) is 1.56. The molecule has 2 heterocycles. The van der Waals surface area contributed by atoms with Crippen LogP contribution in [0.5, 0.6) is 0 Å². The van der Waals surface area contributed by atoms with Gasteiger partial charge in [-0.3, -0.25) is 14.5 Å². The topological polar surface area (TPSA) is 97.6 Å². The minimum Gasteiger partial charge on any atom is -0.349 e. The van der Waals surface area contributed by atoms with Gasteiger partial charge >= 0.3 is 11.9 Å². The van der Waals surface area contributed by atoms with Crippen molar-refractivity contribution < 1.29 is 22.4 Å². The molecule has 1 aromatic carbocycles. The highest BCUT2D eigenvalue weighted by Crippen LogP contribution is 2.25. The number of H-pyrrole nitrogens is 1. The number of amides is 1. The van der Waals surface area contributed by atoms with Gasteiger partial charge in [0.05, 0.1) is 12.2 Å². The molecule has 0 radical (unpaired) electrons. The second-order valence-corrected chi connectivity index (χ2v) is 5.82. The molecular weight excluding hydrogens is 384 g/mol. The van der Waals surface area contributed by atoms with Gasteiger partial charge in [0.15, 0.2) is 0 Å². The molecule has 0 saturated carbocycles.